The highest BCUT2D eigenvalue weighted by molar-refractivity contribution is 6.42. The quantitative estimate of drug-likeness (QED) is 0.303. The van der Waals surface area contributed by atoms with Gasteiger partial charge in [-0.05, 0) is 38.2 Å². The number of alkyl halides is 1. The van der Waals surface area contributed by atoms with Crippen LogP contribution < -0.4 is 0 Å². The topological polar surface area (TPSA) is 65.2 Å². The van der Waals surface area contributed by atoms with Crippen LogP contribution in [0.5, 0.6) is 0 Å². The van der Waals surface area contributed by atoms with Crippen LogP contribution in [0.2, 0.25) is 10.0 Å². The van der Waals surface area contributed by atoms with Crippen molar-refractivity contribution in [2.45, 2.75) is 38.6 Å². The van der Waals surface area contributed by atoms with Crippen molar-refractivity contribution >= 4 is 40.1 Å². The lowest BCUT2D eigenvalue weighted by atomic mass is 10.0. The molecule has 2 aromatic carbocycles. The number of aromatic nitrogens is 4. The molecular weight excluding hydrogens is 504 g/mol. The zero-order valence-corrected chi connectivity index (χ0v) is 21.7. The molecule has 2 atom stereocenters. The van der Waals surface area contributed by atoms with E-state index in [1.165, 1.54) is 10.2 Å². The fourth-order valence-corrected chi connectivity index (χ4v) is 5.26. The fourth-order valence-electron chi connectivity index (χ4n) is 4.71. The summed E-state index contributed by atoms with van der Waals surface area (Å²) in [6.07, 6.45) is 2.39. The van der Waals surface area contributed by atoms with Gasteiger partial charge in [-0.1, -0.05) is 47.5 Å². The van der Waals surface area contributed by atoms with E-state index in [0.29, 0.717) is 32.3 Å². The van der Waals surface area contributed by atoms with Crippen molar-refractivity contribution in [2.75, 3.05) is 20.7 Å². The van der Waals surface area contributed by atoms with Gasteiger partial charge >= 0.3 is 5.97 Å². The van der Waals surface area contributed by atoms with E-state index in [9.17, 15) is 9.18 Å². The first-order chi connectivity index (χ1) is 17.3. The summed E-state index contributed by atoms with van der Waals surface area (Å²) in [5.74, 6) is -0.530. The van der Waals surface area contributed by atoms with Crippen molar-refractivity contribution in [3.8, 4) is 11.1 Å². The number of rotatable bonds is 7. The van der Waals surface area contributed by atoms with Crippen LogP contribution >= 0.6 is 23.2 Å². The molecule has 0 radical (unpaired) electrons. The third-order valence-electron chi connectivity index (χ3n) is 6.29. The van der Waals surface area contributed by atoms with Crippen LogP contribution in [-0.2, 0) is 29.0 Å². The summed E-state index contributed by atoms with van der Waals surface area (Å²) < 4.78 is 22.6. The maximum atomic E-state index is 14.1. The van der Waals surface area contributed by atoms with Gasteiger partial charge in [-0.15, -0.1) is 0 Å². The molecule has 0 aliphatic carbocycles. The summed E-state index contributed by atoms with van der Waals surface area (Å²) in [6.45, 7) is 2.96. The Hall–Kier alpha value is -2.94. The van der Waals surface area contributed by atoms with Crippen molar-refractivity contribution < 1.29 is 13.9 Å². The van der Waals surface area contributed by atoms with Gasteiger partial charge in [0.15, 0.2) is 6.04 Å². The largest absolute Gasteiger partial charge is 0.464 e. The van der Waals surface area contributed by atoms with Crippen LogP contribution in [0.3, 0.4) is 0 Å². The van der Waals surface area contributed by atoms with E-state index in [1.54, 1.807) is 30.1 Å². The number of halogens is 3. The molecular formula is C26H26Cl2FN5O2. The lowest BCUT2D eigenvalue weighted by Gasteiger charge is -2.15. The van der Waals surface area contributed by atoms with Crippen molar-refractivity contribution in [3.63, 3.8) is 0 Å². The molecule has 5 rings (SSSR count). The van der Waals surface area contributed by atoms with E-state index in [-0.39, 0.29) is 19.6 Å². The molecule has 1 aliphatic rings. The number of hydrogen-bond donors (Lipinski definition) is 0. The summed E-state index contributed by atoms with van der Waals surface area (Å²) in [5.41, 5.74) is 4.37. The van der Waals surface area contributed by atoms with Gasteiger partial charge in [0.1, 0.15) is 11.7 Å². The van der Waals surface area contributed by atoms with E-state index in [0.717, 1.165) is 17.7 Å². The Morgan fingerprint density at radius 3 is 2.72 bits per heavy atom. The maximum Gasteiger partial charge on any atom is 0.337 e. The third kappa shape index (κ3) is 4.49. The van der Waals surface area contributed by atoms with Crippen LogP contribution in [0.15, 0.2) is 42.9 Å². The van der Waals surface area contributed by atoms with E-state index < -0.39 is 18.2 Å². The van der Waals surface area contributed by atoms with E-state index >= 15 is 0 Å². The van der Waals surface area contributed by atoms with Crippen LogP contribution in [0.4, 0.5) is 4.39 Å². The lowest BCUT2D eigenvalue weighted by Crippen LogP contribution is -2.25. The van der Waals surface area contributed by atoms with Crippen LogP contribution in [-0.4, -0.2) is 57.1 Å². The van der Waals surface area contributed by atoms with Gasteiger partial charge in [0, 0.05) is 35.8 Å². The molecule has 10 heteroatoms. The Morgan fingerprint density at radius 1 is 1.28 bits per heavy atom. The minimum Gasteiger partial charge on any atom is -0.464 e. The predicted molar refractivity (Wildman–Crippen MR) is 138 cm³/mol. The summed E-state index contributed by atoms with van der Waals surface area (Å²) in [7, 11) is 4.04. The Balaban J connectivity index is 1.59. The van der Waals surface area contributed by atoms with Gasteiger partial charge in [0.2, 0.25) is 0 Å². The van der Waals surface area contributed by atoms with Gasteiger partial charge < -0.3 is 14.2 Å². The second kappa shape index (κ2) is 9.84. The number of imidazole rings is 1. The molecule has 0 N–H and O–H groups in total. The summed E-state index contributed by atoms with van der Waals surface area (Å²) in [5, 5.41) is 6.15. The molecule has 0 saturated carbocycles. The molecule has 0 amide bonds. The molecule has 0 fully saturated rings. The fraction of sp³-hybridized carbons (Fsp3) is 0.346. The Morgan fingerprint density at radius 2 is 2.03 bits per heavy atom. The molecule has 1 aliphatic heterocycles. The second-order valence-electron chi connectivity index (χ2n) is 9.21. The Bertz CT molecular complexity index is 1430. The number of benzene rings is 2. The van der Waals surface area contributed by atoms with Gasteiger partial charge in [-0.25, -0.2) is 14.2 Å². The van der Waals surface area contributed by atoms with Gasteiger partial charge in [-0.3, -0.25) is 4.68 Å². The van der Waals surface area contributed by atoms with E-state index in [1.807, 2.05) is 26.2 Å². The molecule has 2 aromatic heterocycles. The average Bonchev–Trinajstić information content (AvgIpc) is 3.52. The van der Waals surface area contributed by atoms with Crippen molar-refractivity contribution in [1.29, 1.82) is 0 Å². The number of carbonyl (C=O) groups excluding carboxylic acids is 1. The molecule has 4 aromatic rings. The first-order valence-corrected chi connectivity index (χ1v) is 12.5. The minimum absolute atomic E-state index is 0.182. The van der Waals surface area contributed by atoms with Gasteiger partial charge in [-0.2, -0.15) is 5.10 Å². The van der Waals surface area contributed by atoms with Crippen molar-refractivity contribution in [1.82, 2.24) is 24.2 Å². The molecule has 0 spiro atoms. The molecule has 7 nitrogen and oxygen atoms in total. The smallest absolute Gasteiger partial charge is 0.337 e. The zero-order valence-electron chi connectivity index (χ0n) is 20.2. The Kier molecular flexibility index (Phi) is 6.76. The highest BCUT2D eigenvalue weighted by atomic mass is 35.5. The summed E-state index contributed by atoms with van der Waals surface area (Å²) in [4.78, 5) is 19.6. The number of esters is 1. The first-order valence-electron chi connectivity index (χ1n) is 11.7. The molecule has 3 heterocycles. The van der Waals surface area contributed by atoms with E-state index in [2.05, 4.69) is 27.1 Å². The summed E-state index contributed by atoms with van der Waals surface area (Å²) >= 11 is 13.5. The normalized spacial score (nSPS) is 16.0. The van der Waals surface area contributed by atoms with Gasteiger partial charge in [0.25, 0.3) is 0 Å². The number of fused-ring (bicyclic) bond motifs is 2. The first kappa shape index (κ1) is 24.7. The monoisotopic (exact) mass is 529 g/mol. The third-order valence-corrected chi connectivity index (χ3v) is 6.99. The maximum absolute atomic E-state index is 14.1. The number of hydrogen-bond acceptors (Lipinski definition) is 5. The highest BCUT2D eigenvalue weighted by Gasteiger charge is 2.35. The number of ether oxygens (including phenoxy) is 1. The molecule has 0 unspecified atom stereocenters. The number of nitrogens with zero attached hydrogens (tertiary/aromatic N) is 5. The van der Waals surface area contributed by atoms with E-state index in [4.69, 9.17) is 27.9 Å². The average molecular weight is 530 g/mol. The van der Waals surface area contributed by atoms with Crippen molar-refractivity contribution in [3.05, 3.63) is 69.9 Å². The van der Waals surface area contributed by atoms with Gasteiger partial charge in [0.05, 0.1) is 35.2 Å². The minimum atomic E-state index is -1.02. The molecule has 0 bridgehead atoms. The SMILES string of the molecule is CCOC(=O)[C@@H](c1ncn2c1C[C@@H](F)C2)n1cc2c(Cl)cc(-c3ccc(CN(C)C)cc3)c(Cl)c2n1. The van der Waals surface area contributed by atoms with Crippen molar-refractivity contribution in [2.24, 2.45) is 0 Å². The predicted octanol–water partition coefficient (Wildman–Crippen LogP) is 5.31. The zero-order chi connectivity index (χ0) is 25.6. The second-order valence-corrected chi connectivity index (χ2v) is 10.00. The summed E-state index contributed by atoms with van der Waals surface area (Å²) in [6, 6.07) is 8.93. The van der Waals surface area contributed by atoms with Crippen LogP contribution in [0.25, 0.3) is 22.0 Å². The van der Waals surface area contributed by atoms with Crippen LogP contribution in [0, 0.1) is 0 Å². The lowest BCUT2D eigenvalue weighted by molar-refractivity contribution is -0.146. The molecule has 0 saturated heterocycles. The highest BCUT2D eigenvalue weighted by Crippen LogP contribution is 2.39. The standard InChI is InChI=1S/C26H26Cl2FN5O2/c1-4-36-26(35)25(24-21-9-17(29)12-33(21)14-30-24)34-13-19-20(27)10-18(22(28)23(19)31-34)16-7-5-15(6-8-16)11-32(2)3/h5-8,10,13-14,17,25H,4,9,11-12H2,1-3H3/t17-,25-/m1/s1. The van der Waals surface area contributed by atoms with Crippen LogP contribution in [0.1, 0.15) is 29.9 Å². The number of carbonyl (C=O) groups is 1. The molecule has 36 heavy (non-hydrogen) atoms. The Labute approximate surface area is 218 Å². The molecule has 188 valence electrons.